The van der Waals surface area contributed by atoms with E-state index in [1.807, 2.05) is 12.3 Å². The van der Waals surface area contributed by atoms with Gasteiger partial charge in [0.1, 0.15) is 19.5 Å². The first-order chi connectivity index (χ1) is 19.8. The van der Waals surface area contributed by atoms with Gasteiger partial charge in [0, 0.05) is 29.5 Å². The molecular weight excluding hydrogens is 552 g/mol. The lowest BCUT2D eigenvalue weighted by atomic mass is 9.14. The molecule has 0 aliphatic carbocycles. The second-order valence-corrected chi connectivity index (χ2v) is 15.8. The topological polar surface area (TPSA) is 131 Å². The third kappa shape index (κ3) is 6.71. The van der Waals surface area contributed by atoms with Crippen molar-refractivity contribution in [1.82, 2.24) is 19.7 Å². The Kier molecular flexibility index (Phi) is 9.00. The van der Waals surface area contributed by atoms with Crippen molar-refractivity contribution in [3.8, 4) is 11.3 Å². The van der Waals surface area contributed by atoms with E-state index in [2.05, 4.69) is 89.4 Å². The molecule has 0 bridgehead atoms. The normalized spacial score (nSPS) is 18.0. The Labute approximate surface area is 262 Å². The standard InChI is InChI=1S/C26H39B7N6O3S/c1-14-6-7-15(2)39(14)22-18(23(40)38-43(41,42)21-5-3-4-20(34)37-21)10-11-19(36-22)16-8-9-17(35-13-16)12-24(27,25(28,29)30)26(31,32)33/h3-5,8-11,13-15H,6-7,12,27-33H2,1-2H3,(H2,34,37)(H,38,40)/t14-,15+. The summed E-state index contributed by atoms with van der Waals surface area (Å²) in [6.45, 7) is 4.18. The number of sulfonamides is 1. The van der Waals surface area contributed by atoms with Gasteiger partial charge >= 0.3 is 0 Å². The molecule has 3 N–H and O–H groups in total. The van der Waals surface area contributed by atoms with Gasteiger partial charge in [-0.05, 0) is 69.5 Å². The van der Waals surface area contributed by atoms with Gasteiger partial charge in [-0.3, -0.25) is 9.78 Å². The van der Waals surface area contributed by atoms with Gasteiger partial charge in [0.2, 0.25) is 0 Å². The van der Waals surface area contributed by atoms with Gasteiger partial charge in [-0.2, -0.15) is 8.42 Å². The number of nitrogens with one attached hydrogen (secondary N) is 1. The SMILES string of the molecule is BC(B)(B)C(B)(Cc1ccc(-c2ccc(C(=O)NS(=O)(=O)c3cccc(N)n3)c(N3[C@H](C)CC[C@@H]3C)n2)cn1)C(B)(B)B. The molecule has 1 amide bonds. The quantitative estimate of drug-likeness (QED) is 0.251. The van der Waals surface area contributed by atoms with Crippen molar-refractivity contribution in [1.29, 1.82) is 0 Å². The summed E-state index contributed by atoms with van der Waals surface area (Å²) in [4.78, 5) is 29.2. The van der Waals surface area contributed by atoms with Crippen LogP contribution >= 0.6 is 0 Å². The predicted molar refractivity (Wildman–Crippen MR) is 193 cm³/mol. The van der Waals surface area contributed by atoms with E-state index in [1.165, 1.54) is 18.2 Å². The highest BCUT2D eigenvalue weighted by molar-refractivity contribution is 7.90. The molecule has 17 heteroatoms. The molecule has 0 radical (unpaired) electrons. The van der Waals surface area contributed by atoms with Gasteiger partial charge in [-0.1, -0.05) is 11.4 Å². The molecule has 4 heterocycles. The largest absolute Gasteiger partial charge is 0.384 e. The molecule has 1 aliphatic heterocycles. The van der Waals surface area contributed by atoms with Gasteiger partial charge in [-0.15, -0.1) is 10.2 Å². The highest BCUT2D eigenvalue weighted by Crippen LogP contribution is 2.56. The van der Waals surface area contributed by atoms with Crippen LogP contribution in [0.2, 0.25) is 15.5 Å². The number of anilines is 2. The molecule has 0 unspecified atom stereocenters. The number of hydrogen-bond acceptors (Lipinski definition) is 8. The van der Waals surface area contributed by atoms with E-state index >= 15 is 0 Å². The Morgan fingerprint density at radius 1 is 0.953 bits per heavy atom. The number of hydrogen-bond donors (Lipinski definition) is 2. The zero-order valence-corrected chi connectivity index (χ0v) is 27.7. The minimum absolute atomic E-state index is 0.00168. The smallest absolute Gasteiger partial charge is 0.281 e. The van der Waals surface area contributed by atoms with E-state index in [4.69, 9.17) is 15.7 Å². The van der Waals surface area contributed by atoms with Crippen molar-refractivity contribution in [3.05, 3.63) is 59.9 Å². The van der Waals surface area contributed by atoms with Gasteiger partial charge < -0.3 is 10.6 Å². The van der Waals surface area contributed by atoms with Gasteiger partial charge in [-0.25, -0.2) is 14.7 Å². The van der Waals surface area contributed by atoms with Gasteiger partial charge in [0.15, 0.2) is 5.03 Å². The summed E-state index contributed by atoms with van der Waals surface area (Å²) in [5.41, 5.74) is 8.34. The van der Waals surface area contributed by atoms with Gasteiger partial charge in [0.25, 0.3) is 15.9 Å². The first-order valence-electron chi connectivity index (χ1n) is 14.9. The van der Waals surface area contributed by atoms with Crippen molar-refractivity contribution >= 4 is 82.5 Å². The fourth-order valence-corrected chi connectivity index (χ4v) is 7.05. The summed E-state index contributed by atoms with van der Waals surface area (Å²) in [6.07, 6.45) is 4.55. The first-order valence-corrected chi connectivity index (χ1v) is 16.4. The molecule has 3 aromatic heterocycles. The molecular formula is C26H39B7N6O3S. The number of carbonyl (C=O) groups is 1. The number of nitrogen functional groups attached to an aromatic ring is 1. The zero-order valence-electron chi connectivity index (χ0n) is 26.9. The fourth-order valence-electron chi connectivity index (χ4n) is 6.10. The first kappa shape index (κ1) is 32.8. The van der Waals surface area contributed by atoms with Crippen LogP contribution in [-0.2, 0) is 16.4 Å². The molecule has 1 saturated heterocycles. The van der Waals surface area contributed by atoms with Crippen molar-refractivity contribution < 1.29 is 13.2 Å². The minimum Gasteiger partial charge on any atom is -0.384 e. The van der Waals surface area contributed by atoms with Crippen molar-refractivity contribution in [2.24, 2.45) is 0 Å². The summed E-state index contributed by atoms with van der Waals surface area (Å²) in [6, 6.07) is 12.0. The molecule has 3 aromatic rings. The second kappa shape index (κ2) is 11.8. The van der Waals surface area contributed by atoms with Crippen LogP contribution in [0.25, 0.3) is 11.3 Å². The Morgan fingerprint density at radius 3 is 2.12 bits per heavy atom. The van der Waals surface area contributed by atoms with Crippen LogP contribution in [-0.4, -0.2) is 96.3 Å². The average Bonchev–Trinajstić information content (AvgIpc) is 3.24. The third-order valence-corrected chi connectivity index (χ3v) is 10.8. The average molecular weight is 591 g/mol. The third-order valence-electron chi connectivity index (χ3n) is 9.53. The Balaban J connectivity index is 1.69. The lowest BCUT2D eigenvalue weighted by Gasteiger charge is -2.53. The van der Waals surface area contributed by atoms with Crippen molar-refractivity contribution in [3.63, 3.8) is 0 Å². The number of nitrogens with zero attached hydrogens (tertiary/aromatic N) is 4. The van der Waals surface area contributed by atoms with Crippen LogP contribution in [0.15, 0.2) is 53.7 Å². The molecule has 1 aliphatic rings. The highest BCUT2D eigenvalue weighted by atomic mass is 32.2. The summed E-state index contributed by atoms with van der Waals surface area (Å²) in [5, 5.41) is -0.190. The molecule has 2 atom stereocenters. The number of nitrogens with two attached hydrogens (primary N) is 1. The maximum Gasteiger partial charge on any atom is 0.281 e. The molecule has 0 spiro atoms. The molecule has 0 saturated carbocycles. The van der Waals surface area contributed by atoms with Crippen molar-refractivity contribution in [2.45, 2.75) is 65.8 Å². The number of rotatable bonds is 9. The predicted octanol–water partition coefficient (Wildman–Crippen LogP) is -3.10. The second-order valence-electron chi connectivity index (χ2n) is 14.1. The molecule has 43 heavy (non-hydrogen) atoms. The van der Waals surface area contributed by atoms with Gasteiger partial charge in [0.05, 0.1) is 58.3 Å². The number of carbonyl (C=O) groups excluding carboxylic acids is 1. The summed E-state index contributed by atoms with van der Waals surface area (Å²) in [5.74, 6) is -0.287. The summed E-state index contributed by atoms with van der Waals surface area (Å²) < 4.78 is 28.1. The lowest BCUT2D eigenvalue weighted by molar-refractivity contribution is 0.0981. The van der Waals surface area contributed by atoms with Crippen LogP contribution < -0.4 is 15.4 Å². The minimum atomic E-state index is -4.25. The Bertz CT molecular complexity index is 1590. The van der Waals surface area contributed by atoms with Crippen LogP contribution in [0.1, 0.15) is 42.7 Å². The van der Waals surface area contributed by atoms with E-state index in [0.29, 0.717) is 11.5 Å². The van der Waals surface area contributed by atoms with Crippen LogP contribution in [0.5, 0.6) is 0 Å². The van der Waals surface area contributed by atoms with E-state index in [-0.39, 0.29) is 44.0 Å². The fraction of sp³-hybridized carbons (Fsp3) is 0.385. The monoisotopic (exact) mass is 592 g/mol. The molecule has 1 fully saturated rings. The molecule has 218 valence electrons. The van der Waals surface area contributed by atoms with E-state index in [0.717, 1.165) is 30.5 Å². The molecule has 9 nitrogen and oxygen atoms in total. The van der Waals surface area contributed by atoms with Crippen LogP contribution in [0.4, 0.5) is 11.6 Å². The number of pyridine rings is 3. The summed E-state index contributed by atoms with van der Waals surface area (Å²) in [7, 11) is 11.8. The maximum atomic E-state index is 13.5. The molecule has 0 aromatic carbocycles. The summed E-state index contributed by atoms with van der Waals surface area (Å²) >= 11 is 0. The lowest BCUT2D eigenvalue weighted by Crippen LogP contribution is -2.45. The Hall–Kier alpha value is -3.08. The Morgan fingerprint density at radius 2 is 1.58 bits per heavy atom. The maximum absolute atomic E-state index is 13.5. The van der Waals surface area contributed by atoms with E-state index in [9.17, 15) is 13.2 Å². The van der Waals surface area contributed by atoms with E-state index < -0.39 is 15.9 Å². The highest BCUT2D eigenvalue weighted by Gasteiger charge is 2.45. The number of amides is 1. The zero-order chi connectivity index (χ0) is 32.0. The van der Waals surface area contributed by atoms with Crippen LogP contribution in [0.3, 0.4) is 0 Å². The van der Waals surface area contributed by atoms with Crippen LogP contribution in [0, 0.1) is 0 Å². The van der Waals surface area contributed by atoms with E-state index in [1.54, 1.807) is 12.1 Å². The number of aromatic nitrogens is 3. The van der Waals surface area contributed by atoms with Crippen molar-refractivity contribution in [2.75, 3.05) is 10.6 Å². The molecule has 4 rings (SSSR count).